The Bertz CT molecular complexity index is 143. The van der Waals surface area contributed by atoms with Crippen LogP contribution in [0.4, 0.5) is 0 Å². The first-order valence-electron chi connectivity index (χ1n) is 5.23. The molecule has 2 nitrogen and oxygen atoms in total. The third-order valence-electron chi connectivity index (χ3n) is 3.47. The maximum absolute atomic E-state index is 8.78. The van der Waals surface area contributed by atoms with Crippen LogP contribution in [0.15, 0.2) is 0 Å². The van der Waals surface area contributed by atoms with E-state index in [9.17, 15) is 0 Å². The molecule has 0 spiro atoms. The highest BCUT2D eigenvalue weighted by Crippen LogP contribution is 2.48. The Labute approximate surface area is 74.4 Å². The zero-order valence-electron chi connectivity index (χ0n) is 7.63. The highest BCUT2D eigenvalue weighted by Gasteiger charge is 2.41. The molecule has 1 saturated heterocycles. The van der Waals surface area contributed by atoms with Crippen molar-refractivity contribution in [2.24, 2.45) is 17.8 Å². The minimum Gasteiger partial charge on any atom is -0.396 e. The second kappa shape index (κ2) is 3.75. The molecule has 0 aromatic carbocycles. The average molecular weight is 169 g/mol. The van der Waals surface area contributed by atoms with Crippen molar-refractivity contribution in [2.75, 3.05) is 19.7 Å². The summed E-state index contributed by atoms with van der Waals surface area (Å²) in [6.45, 7) is 2.83. The van der Waals surface area contributed by atoms with E-state index in [1.807, 2.05) is 0 Å². The number of rotatable bonds is 3. The van der Waals surface area contributed by atoms with Crippen LogP contribution in [0.25, 0.3) is 0 Å². The van der Waals surface area contributed by atoms with Crippen molar-refractivity contribution < 1.29 is 5.11 Å². The maximum atomic E-state index is 8.78. The van der Waals surface area contributed by atoms with Crippen LogP contribution >= 0.6 is 0 Å². The van der Waals surface area contributed by atoms with E-state index in [4.69, 9.17) is 5.11 Å². The van der Waals surface area contributed by atoms with Gasteiger partial charge in [-0.25, -0.2) is 0 Å². The highest BCUT2D eigenvalue weighted by atomic mass is 16.3. The molecule has 0 aromatic heterocycles. The molecule has 1 aliphatic heterocycles. The van der Waals surface area contributed by atoms with Gasteiger partial charge in [0.15, 0.2) is 0 Å². The third-order valence-corrected chi connectivity index (χ3v) is 3.47. The fourth-order valence-electron chi connectivity index (χ4n) is 2.62. The van der Waals surface area contributed by atoms with Gasteiger partial charge in [0.05, 0.1) is 0 Å². The van der Waals surface area contributed by atoms with Crippen LogP contribution in [0.3, 0.4) is 0 Å². The number of piperidine rings is 1. The van der Waals surface area contributed by atoms with Gasteiger partial charge in [0.1, 0.15) is 0 Å². The molecule has 0 aromatic rings. The van der Waals surface area contributed by atoms with Gasteiger partial charge in [-0.15, -0.1) is 0 Å². The first kappa shape index (κ1) is 8.52. The van der Waals surface area contributed by atoms with Crippen molar-refractivity contribution in [3.05, 3.63) is 0 Å². The topological polar surface area (TPSA) is 32.3 Å². The van der Waals surface area contributed by atoms with Gasteiger partial charge in [-0.1, -0.05) is 0 Å². The Morgan fingerprint density at radius 1 is 1.25 bits per heavy atom. The Hall–Kier alpha value is -0.0800. The Morgan fingerprint density at radius 2 is 2.00 bits per heavy atom. The molecule has 2 atom stereocenters. The normalized spacial score (nSPS) is 36.8. The Kier molecular flexibility index (Phi) is 2.66. The summed E-state index contributed by atoms with van der Waals surface area (Å²) in [5.74, 6) is 2.82. The molecular weight excluding hydrogens is 150 g/mol. The van der Waals surface area contributed by atoms with Crippen LogP contribution in [0.2, 0.25) is 0 Å². The molecule has 12 heavy (non-hydrogen) atoms. The molecule has 0 amide bonds. The van der Waals surface area contributed by atoms with Gasteiger partial charge < -0.3 is 10.4 Å². The summed E-state index contributed by atoms with van der Waals surface area (Å²) in [5, 5.41) is 12.2. The molecule has 2 rings (SSSR count). The van der Waals surface area contributed by atoms with Gasteiger partial charge in [0.2, 0.25) is 0 Å². The highest BCUT2D eigenvalue weighted by molar-refractivity contribution is 4.92. The van der Waals surface area contributed by atoms with Gasteiger partial charge in [-0.3, -0.25) is 0 Å². The second-order valence-corrected chi connectivity index (χ2v) is 4.26. The van der Waals surface area contributed by atoms with E-state index in [2.05, 4.69) is 5.32 Å². The standard InChI is InChI=1S/C10H19NO/c12-6-3-9-7-10(9)8-1-4-11-5-2-8/h8-12H,1-7H2. The van der Waals surface area contributed by atoms with Crippen molar-refractivity contribution in [3.8, 4) is 0 Å². The second-order valence-electron chi connectivity index (χ2n) is 4.26. The van der Waals surface area contributed by atoms with Crippen LogP contribution in [-0.4, -0.2) is 24.8 Å². The van der Waals surface area contributed by atoms with E-state index in [1.165, 1.54) is 32.4 Å². The van der Waals surface area contributed by atoms with E-state index in [1.54, 1.807) is 0 Å². The van der Waals surface area contributed by atoms with Crippen molar-refractivity contribution in [1.82, 2.24) is 5.32 Å². The predicted molar refractivity (Wildman–Crippen MR) is 48.9 cm³/mol. The van der Waals surface area contributed by atoms with E-state index in [0.29, 0.717) is 6.61 Å². The first-order valence-corrected chi connectivity index (χ1v) is 5.23. The van der Waals surface area contributed by atoms with Crippen LogP contribution < -0.4 is 5.32 Å². The lowest BCUT2D eigenvalue weighted by atomic mass is 9.91. The average Bonchev–Trinajstić information content (AvgIpc) is 2.87. The number of nitrogens with one attached hydrogen (secondary N) is 1. The number of hydrogen-bond acceptors (Lipinski definition) is 2. The predicted octanol–water partition coefficient (Wildman–Crippen LogP) is 1.00. The zero-order chi connectivity index (χ0) is 8.39. The zero-order valence-corrected chi connectivity index (χ0v) is 7.63. The monoisotopic (exact) mass is 169 g/mol. The molecule has 70 valence electrons. The molecule has 2 heteroatoms. The van der Waals surface area contributed by atoms with Gasteiger partial charge in [0.25, 0.3) is 0 Å². The van der Waals surface area contributed by atoms with Crippen LogP contribution in [0.1, 0.15) is 25.7 Å². The van der Waals surface area contributed by atoms with E-state index in [-0.39, 0.29) is 0 Å². The van der Waals surface area contributed by atoms with E-state index in [0.717, 1.165) is 24.2 Å². The van der Waals surface area contributed by atoms with Crippen LogP contribution in [0.5, 0.6) is 0 Å². The fourth-order valence-corrected chi connectivity index (χ4v) is 2.62. The molecule has 2 unspecified atom stereocenters. The number of aliphatic hydroxyl groups excluding tert-OH is 1. The first-order chi connectivity index (χ1) is 5.92. The Morgan fingerprint density at radius 3 is 2.67 bits per heavy atom. The molecule has 2 N–H and O–H groups in total. The summed E-state index contributed by atoms with van der Waals surface area (Å²) in [5.41, 5.74) is 0. The minimum atomic E-state index is 0.395. The largest absolute Gasteiger partial charge is 0.396 e. The minimum absolute atomic E-state index is 0.395. The van der Waals surface area contributed by atoms with E-state index < -0.39 is 0 Å². The Balaban J connectivity index is 1.72. The van der Waals surface area contributed by atoms with Gasteiger partial charge in [0, 0.05) is 6.61 Å². The van der Waals surface area contributed by atoms with Gasteiger partial charge in [-0.2, -0.15) is 0 Å². The molecule has 0 radical (unpaired) electrons. The molecular formula is C10H19NO. The SMILES string of the molecule is OCCC1CC1C1CCNCC1. The molecule has 2 fully saturated rings. The van der Waals surface area contributed by atoms with Gasteiger partial charge in [-0.05, 0) is 56.5 Å². The summed E-state index contributed by atoms with van der Waals surface area (Å²) in [7, 11) is 0. The number of hydrogen-bond donors (Lipinski definition) is 2. The molecule has 2 aliphatic rings. The van der Waals surface area contributed by atoms with Crippen molar-refractivity contribution in [1.29, 1.82) is 0 Å². The molecule has 1 saturated carbocycles. The number of aliphatic hydroxyl groups is 1. The van der Waals surface area contributed by atoms with E-state index >= 15 is 0 Å². The lowest BCUT2D eigenvalue weighted by Gasteiger charge is -2.22. The van der Waals surface area contributed by atoms with Crippen molar-refractivity contribution in [2.45, 2.75) is 25.7 Å². The summed E-state index contributed by atoms with van der Waals surface area (Å²) < 4.78 is 0. The third kappa shape index (κ3) is 1.80. The lowest BCUT2D eigenvalue weighted by molar-refractivity contribution is 0.263. The smallest absolute Gasteiger partial charge is 0.0433 e. The van der Waals surface area contributed by atoms with Crippen LogP contribution in [0, 0.1) is 17.8 Å². The molecule has 1 aliphatic carbocycles. The van der Waals surface area contributed by atoms with Crippen molar-refractivity contribution >= 4 is 0 Å². The maximum Gasteiger partial charge on any atom is 0.0433 e. The summed E-state index contributed by atoms with van der Waals surface area (Å²) in [4.78, 5) is 0. The summed E-state index contributed by atoms with van der Waals surface area (Å²) in [6, 6.07) is 0. The fraction of sp³-hybridized carbons (Fsp3) is 1.00. The summed E-state index contributed by atoms with van der Waals surface area (Å²) in [6.07, 6.45) is 5.18. The lowest BCUT2D eigenvalue weighted by Crippen LogP contribution is -2.28. The molecule has 0 bridgehead atoms. The quantitative estimate of drug-likeness (QED) is 0.660. The van der Waals surface area contributed by atoms with Gasteiger partial charge >= 0.3 is 0 Å². The molecule has 1 heterocycles. The van der Waals surface area contributed by atoms with Crippen molar-refractivity contribution in [3.63, 3.8) is 0 Å². The summed E-state index contributed by atoms with van der Waals surface area (Å²) >= 11 is 0. The van der Waals surface area contributed by atoms with Crippen LogP contribution in [-0.2, 0) is 0 Å².